The van der Waals surface area contributed by atoms with Crippen molar-refractivity contribution in [2.75, 3.05) is 0 Å². The average molecular weight is 264 g/mol. The molecule has 0 spiro atoms. The fourth-order valence-electron chi connectivity index (χ4n) is 1.90. The minimum Gasteiger partial charge on any atom is -0.447 e. The lowest BCUT2D eigenvalue weighted by atomic mass is 10.1. The van der Waals surface area contributed by atoms with E-state index in [0.29, 0.717) is 18.7 Å². The molecule has 1 heterocycles. The molecular weight excluding hydrogens is 243 g/mol. The number of ether oxygens (including phenoxy) is 1. The van der Waals surface area contributed by atoms with Crippen molar-refractivity contribution in [3.05, 3.63) is 35.4 Å². The van der Waals surface area contributed by atoms with E-state index < -0.39 is 11.9 Å². The van der Waals surface area contributed by atoms with Crippen LogP contribution >= 0.6 is 0 Å². The average Bonchev–Trinajstić information content (AvgIpc) is 3.04. The first kappa shape index (κ1) is 13.8. The molecule has 1 unspecified atom stereocenters. The Bertz CT molecular complexity index is 452. The molecule has 4 heteroatoms. The molecule has 1 aromatic rings. The molecule has 1 aromatic carbocycles. The van der Waals surface area contributed by atoms with Crippen LogP contribution in [0, 0.1) is 0 Å². The molecular formula is C15H21FN2O. The Kier molecular flexibility index (Phi) is 4.08. The number of nitrogens with zero attached hydrogens (tertiary/aromatic N) is 1. The van der Waals surface area contributed by atoms with E-state index in [-0.39, 0.29) is 0 Å². The number of aryl methyl sites for hydroxylation is 1. The molecule has 0 saturated heterocycles. The largest absolute Gasteiger partial charge is 0.447 e. The molecule has 0 amide bonds. The van der Waals surface area contributed by atoms with Gasteiger partial charge in [-0.2, -0.15) is 0 Å². The number of rotatable bonds is 3. The van der Waals surface area contributed by atoms with E-state index in [0.717, 1.165) is 12.0 Å². The second kappa shape index (κ2) is 5.59. The summed E-state index contributed by atoms with van der Waals surface area (Å²) < 4.78 is 19.3. The standard InChI is InChI=1S/C13H15FN2O.C2H6/c1-2-9-3-5-10(6-4-9)11-15-16-12(17-11)13(14)7-8-13;1-2/h3-6,12,16H,2,7-8H2,1H3;1-2H3. The third kappa shape index (κ3) is 2.88. The van der Waals surface area contributed by atoms with Crippen LogP contribution in [0.4, 0.5) is 4.39 Å². The molecule has 0 radical (unpaired) electrons. The Labute approximate surface area is 113 Å². The minimum atomic E-state index is -1.21. The fourth-order valence-corrected chi connectivity index (χ4v) is 1.90. The van der Waals surface area contributed by atoms with Crippen molar-refractivity contribution in [3.8, 4) is 0 Å². The first-order valence-electron chi connectivity index (χ1n) is 6.99. The number of alkyl halides is 1. The van der Waals surface area contributed by atoms with Crippen molar-refractivity contribution in [2.24, 2.45) is 5.10 Å². The zero-order valence-electron chi connectivity index (χ0n) is 11.7. The van der Waals surface area contributed by atoms with Crippen LogP contribution in [0.1, 0.15) is 44.7 Å². The van der Waals surface area contributed by atoms with Crippen molar-refractivity contribution in [2.45, 2.75) is 51.9 Å². The lowest BCUT2D eigenvalue weighted by Crippen LogP contribution is -2.34. The second-order valence-electron chi connectivity index (χ2n) is 4.63. The molecule has 0 bridgehead atoms. The summed E-state index contributed by atoms with van der Waals surface area (Å²) in [5.41, 5.74) is 3.67. The van der Waals surface area contributed by atoms with Gasteiger partial charge in [-0.05, 0) is 37.0 Å². The van der Waals surface area contributed by atoms with E-state index >= 15 is 0 Å². The number of hydrogen-bond donors (Lipinski definition) is 1. The van der Waals surface area contributed by atoms with Gasteiger partial charge in [0.05, 0.1) is 0 Å². The van der Waals surface area contributed by atoms with E-state index in [4.69, 9.17) is 4.74 Å². The Morgan fingerprint density at radius 1 is 1.32 bits per heavy atom. The fraction of sp³-hybridized carbons (Fsp3) is 0.533. The molecule has 0 aromatic heterocycles. The summed E-state index contributed by atoms with van der Waals surface area (Å²) in [5.74, 6) is 0.488. The summed E-state index contributed by atoms with van der Waals surface area (Å²) in [6.07, 6.45) is 1.51. The van der Waals surface area contributed by atoms with E-state index in [1.807, 2.05) is 38.1 Å². The quantitative estimate of drug-likeness (QED) is 0.908. The third-order valence-corrected chi connectivity index (χ3v) is 3.32. The monoisotopic (exact) mass is 264 g/mol. The van der Waals surface area contributed by atoms with E-state index in [2.05, 4.69) is 17.5 Å². The summed E-state index contributed by atoms with van der Waals surface area (Å²) in [6.45, 7) is 6.11. The van der Waals surface area contributed by atoms with Crippen LogP contribution in [0.15, 0.2) is 29.4 Å². The summed E-state index contributed by atoms with van der Waals surface area (Å²) in [7, 11) is 0. The van der Waals surface area contributed by atoms with Gasteiger partial charge >= 0.3 is 0 Å². The van der Waals surface area contributed by atoms with E-state index in [1.165, 1.54) is 5.56 Å². The number of halogens is 1. The molecule has 1 aliphatic carbocycles. The van der Waals surface area contributed by atoms with Gasteiger partial charge in [0.15, 0.2) is 5.67 Å². The maximum absolute atomic E-state index is 13.8. The van der Waals surface area contributed by atoms with Crippen molar-refractivity contribution < 1.29 is 9.13 Å². The highest BCUT2D eigenvalue weighted by Gasteiger charge is 2.54. The lowest BCUT2D eigenvalue weighted by molar-refractivity contribution is 0.0685. The van der Waals surface area contributed by atoms with Crippen molar-refractivity contribution in [1.82, 2.24) is 5.43 Å². The Hall–Kier alpha value is -1.58. The van der Waals surface area contributed by atoms with Gasteiger partial charge in [0.25, 0.3) is 0 Å². The van der Waals surface area contributed by atoms with Crippen LogP contribution in [0.3, 0.4) is 0 Å². The number of hydrazone groups is 1. The summed E-state index contributed by atoms with van der Waals surface area (Å²) in [6, 6.07) is 7.99. The van der Waals surface area contributed by atoms with Crippen molar-refractivity contribution >= 4 is 5.90 Å². The van der Waals surface area contributed by atoms with Crippen LogP contribution in [-0.2, 0) is 11.2 Å². The van der Waals surface area contributed by atoms with E-state index in [1.54, 1.807) is 0 Å². The summed E-state index contributed by atoms with van der Waals surface area (Å²) >= 11 is 0. The number of benzene rings is 1. The number of nitrogens with one attached hydrogen (secondary N) is 1. The highest BCUT2D eigenvalue weighted by molar-refractivity contribution is 5.94. The maximum Gasteiger partial charge on any atom is 0.240 e. The molecule has 1 atom stereocenters. The van der Waals surface area contributed by atoms with Gasteiger partial charge in [-0.25, -0.2) is 4.39 Å². The first-order valence-corrected chi connectivity index (χ1v) is 6.99. The van der Waals surface area contributed by atoms with E-state index in [9.17, 15) is 4.39 Å². The minimum absolute atomic E-state index is 0.488. The molecule has 2 aliphatic rings. The lowest BCUT2D eigenvalue weighted by Gasteiger charge is -2.14. The third-order valence-electron chi connectivity index (χ3n) is 3.32. The van der Waals surface area contributed by atoms with Crippen LogP contribution in [0.2, 0.25) is 0 Å². The van der Waals surface area contributed by atoms with Gasteiger partial charge in [0.1, 0.15) is 0 Å². The summed E-state index contributed by atoms with van der Waals surface area (Å²) in [5, 5.41) is 4.05. The topological polar surface area (TPSA) is 33.6 Å². The van der Waals surface area contributed by atoms with Gasteiger partial charge < -0.3 is 4.74 Å². The number of hydrogen-bond acceptors (Lipinski definition) is 3. The van der Waals surface area contributed by atoms with Gasteiger partial charge in [-0.1, -0.05) is 32.9 Å². The van der Waals surface area contributed by atoms with Gasteiger partial charge in [0, 0.05) is 5.56 Å². The smallest absolute Gasteiger partial charge is 0.240 e. The predicted octanol–water partition coefficient (Wildman–Crippen LogP) is 3.38. The van der Waals surface area contributed by atoms with Crippen molar-refractivity contribution in [1.29, 1.82) is 0 Å². The zero-order chi connectivity index (χ0) is 13.9. The van der Waals surface area contributed by atoms with Crippen LogP contribution in [0.5, 0.6) is 0 Å². The molecule has 3 nitrogen and oxygen atoms in total. The Morgan fingerprint density at radius 2 is 1.95 bits per heavy atom. The molecule has 1 N–H and O–H groups in total. The Morgan fingerprint density at radius 3 is 2.47 bits per heavy atom. The van der Waals surface area contributed by atoms with Gasteiger partial charge in [-0.15, -0.1) is 5.10 Å². The van der Waals surface area contributed by atoms with Gasteiger partial charge in [-0.3, -0.25) is 5.43 Å². The first-order chi connectivity index (χ1) is 9.21. The second-order valence-corrected chi connectivity index (χ2v) is 4.63. The Balaban J connectivity index is 0.000000637. The normalized spacial score (nSPS) is 22.5. The SMILES string of the molecule is CC.CCc1ccc(C2=NNC(C3(F)CC3)O2)cc1. The van der Waals surface area contributed by atoms with Crippen molar-refractivity contribution in [3.63, 3.8) is 0 Å². The summed E-state index contributed by atoms with van der Waals surface area (Å²) in [4.78, 5) is 0. The molecule has 1 fully saturated rings. The molecule has 3 rings (SSSR count). The maximum atomic E-state index is 13.8. The van der Waals surface area contributed by atoms with Crippen LogP contribution in [0.25, 0.3) is 0 Å². The van der Waals surface area contributed by atoms with Crippen LogP contribution in [-0.4, -0.2) is 17.8 Å². The predicted molar refractivity (Wildman–Crippen MR) is 74.8 cm³/mol. The molecule has 104 valence electrons. The van der Waals surface area contributed by atoms with Gasteiger partial charge in [0.2, 0.25) is 12.1 Å². The molecule has 1 aliphatic heterocycles. The highest BCUT2D eigenvalue weighted by Crippen LogP contribution is 2.44. The zero-order valence-corrected chi connectivity index (χ0v) is 11.7. The molecule has 19 heavy (non-hydrogen) atoms. The van der Waals surface area contributed by atoms with Crippen LogP contribution < -0.4 is 5.43 Å². The molecule has 1 saturated carbocycles. The highest BCUT2D eigenvalue weighted by atomic mass is 19.1.